The number of aryl methyl sites for hydroxylation is 1. The number of methoxy groups -OCH3 is 1. The zero-order valence-corrected chi connectivity index (χ0v) is 12.1. The highest BCUT2D eigenvalue weighted by molar-refractivity contribution is 5.98. The summed E-state index contributed by atoms with van der Waals surface area (Å²) >= 11 is 0. The van der Waals surface area contributed by atoms with E-state index >= 15 is 0 Å². The van der Waals surface area contributed by atoms with Crippen LogP contribution in [0.2, 0.25) is 0 Å². The van der Waals surface area contributed by atoms with Crippen molar-refractivity contribution >= 4 is 5.78 Å². The summed E-state index contributed by atoms with van der Waals surface area (Å²) in [4.78, 5) is 11.9. The van der Waals surface area contributed by atoms with Gasteiger partial charge in [-0.15, -0.1) is 0 Å². The lowest BCUT2D eigenvalue weighted by Gasteiger charge is -2.16. The summed E-state index contributed by atoms with van der Waals surface area (Å²) in [6.07, 6.45) is 2.57. The van der Waals surface area contributed by atoms with Gasteiger partial charge in [-0.05, 0) is 36.6 Å². The minimum absolute atomic E-state index is 0.221. The molecule has 0 aromatic heterocycles. The third-order valence-electron chi connectivity index (χ3n) is 3.82. The highest BCUT2D eigenvalue weighted by Crippen LogP contribution is 2.26. The van der Waals surface area contributed by atoms with Gasteiger partial charge in [0.1, 0.15) is 18.1 Å². The van der Waals surface area contributed by atoms with Gasteiger partial charge in [0.05, 0.1) is 7.11 Å². The van der Waals surface area contributed by atoms with Gasteiger partial charge in [-0.1, -0.05) is 24.3 Å². The highest BCUT2D eigenvalue weighted by atomic mass is 16.5. The molecule has 0 amide bonds. The predicted octanol–water partition coefficient (Wildman–Crippen LogP) is 3.79. The Morgan fingerprint density at radius 3 is 2.81 bits per heavy atom. The number of hydrogen-bond acceptors (Lipinski definition) is 3. The van der Waals surface area contributed by atoms with Crippen LogP contribution in [0.25, 0.3) is 0 Å². The molecule has 108 valence electrons. The van der Waals surface area contributed by atoms with Gasteiger partial charge in [0.2, 0.25) is 0 Å². The second-order valence-corrected chi connectivity index (χ2v) is 5.20. The zero-order chi connectivity index (χ0) is 14.7. The van der Waals surface area contributed by atoms with Gasteiger partial charge in [0.25, 0.3) is 0 Å². The van der Waals surface area contributed by atoms with Gasteiger partial charge in [-0.2, -0.15) is 0 Å². The summed E-state index contributed by atoms with van der Waals surface area (Å²) < 4.78 is 11.1. The number of benzene rings is 2. The third-order valence-corrected chi connectivity index (χ3v) is 3.82. The molecule has 2 aromatic rings. The molecule has 0 N–H and O–H groups in total. The first-order valence-corrected chi connectivity index (χ1v) is 7.19. The molecule has 0 unspecified atom stereocenters. The van der Waals surface area contributed by atoms with Crippen LogP contribution in [0.15, 0.2) is 42.5 Å². The summed E-state index contributed by atoms with van der Waals surface area (Å²) in [5.74, 6) is 1.76. The molecule has 1 aliphatic carbocycles. The molecular formula is C18H18O3. The second-order valence-electron chi connectivity index (χ2n) is 5.20. The lowest BCUT2D eigenvalue weighted by atomic mass is 9.90. The quantitative estimate of drug-likeness (QED) is 0.855. The Morgan fingerprint density at radius 1 is 1.10 bits per heavy atom. The van der Waals surface area contributed by atoms with Crippen LogP contribution in [0.5, 0.6) is 11.5 Å². The fourth-order valence-electron chi connectivity index (χ4n) is 2.68. The maximum absolute atomic E-state index is 11.9. The normalized spacial score (nSPS) is 13.7. The molecule has 3 rings (SSSR count). The molecule has 0 saturated heterocycles. The van der Waals surface area contributed by atoms with E-state index in [1.807, 2.05) is 42.5 Å². The molecule has 0 radical (unpaired) electrons. The number of ether oxygens (including phenoxy) is 2. The summed E-state index contributed by atoms with van der Waals surface area (Å²) in [6.45, 7) is 0.428. The van der Waals surface area contributed by atoms with Crippen molar-refractivity contribution in [2.75, 3.05) is 7.11 Å². The summed E-state index contributed by atoms with van der Waals surface area (Å²) in [7, 11) is 1.65. The first-order chi connectivity index (χ1) is 10.3. The van der Waals surface area contributed by atoms with E-state index in [9.17, 15) is 4.79 Å². The molecule has 0 spiro atoms. The number of fused-ring (bicyclic) bond motifs is 1. The number of rotatable bonds is 4. The summed E-state index contributed by atoms with van der Waals surface area (Å²) in [6, 6.07) is 13.6. The van der Waals surface area contributed by atoms with Gasteiger partial charge in [-0.25, -0.2) is 0 Å². The maximum Gasteiger partial charge on any atom is 0.163 e. The van der Waals surface area contributed by atoms with Crippen LogP contribution in [0.4, 0.5) is 0 Å². The molecule has 2 aromatic carbocycles. The van der Waals surface area contributed by atoms with Gasteiger partial charge in [0, 0.05) is 17.5 Å². The lowest BCUT2D eigenvalue weighted by molar-refractivity contribution is 0.0972. The van der Waals surface area contributed by atoms with E-state index in [2.05, 4.69) is 0 Å². The van der Waals surface area contributed by atoms with Crippen LogP contribution < -0.4 is 9.47 Å². The van der Waals surface area contributed by atoms with Gasteiger partial charge in [-0.3, -0.25) is 4.79 Å². The molecule has 0 saturated carbocycles. The van der Waals surface area contributed by atoms with E-state index in [-0.39, 0.29) is 5.78 Å². The fourth-order valence-corrected chi connectivity index (χ4v) is 2.68. The average molecular weight is 282 g/mol. The van der Waals surface area contributed by atoms with Crippen molar-refractivity contribution < 1.29 is 14.3 Å². The Bertz CT molecular complexity index is 661. The fraction of sp³-hybridized carbons (Fsp3) is 0.278. The molecule has 21 heavy (non-hydrogen) atoms. The number of carbonyl (C=O) groups excluding carboxylic acids is 1. The highest BCUT2D eigenvalue weighted by Gasteiger charge is 2.17. The van der Waals surface area contributed by atoms with E-state index in [1.165, 1.54) is 0 Å². The molecule has 0 bridgehead atoms. The van der Waals surface area contributed by atoms with Crippen LogP contribution in [0.1, 0.15) is 34.3 Å². The van der Waals surface area contributed by atoms with Crippen molar-refractivity contribution in [2.45, 2.75) is 25.9 Å². The Labute approximate surface area is 124 Å². The first kappa shape index (κ1) is 13.7. The van der Waals surface area contributed by atoms with E-state index in [0.717, 1.165) is 41.0 Å². The third kappa shape index (κ3) is 2.92. The molecule has 0 aliphatic heterocycles. The van der Waals surface area contributed by atoms with E-state index in [0.29, 0.717) is 13.0 Å². The standard InChI is InChI=1S/C18H18O3/c1-20-18-8-3-2-5-14(18)12-21-15-10-9-13-6-4-7-17(19)16(13)11-15/h2-3,5,8-11H,4,6-7,12H2,1H3. The van der Waals surface area contributed by atoms with Crippen LogP contribution in [0, 0.1) is 0 Å². The number of hydrogen-bond donors (Lipinski definition) is 0. The Balaban J connectivity index is 1.77. The van der Waals surface area contributed by atoms with Gasteiger partial charge in [0.15, 0.2) is 5.78 Å². The number of Topliss-reactive ketones (excluding diaryl/α,β-unsaturated/α-hetero) is 1. The second kappa shape index (κ2) is 6.00. The van der Waals surface area contributed by atoms with Crippen LogP contribution in [0.3, 0.4) is 0 Å². The van der Waals surface area contributed by atoms with E-state index in [1.54, 1.807) is 7.11 Å². The van der Waals surface area contributed by atoms with Crippen LogP contribution in [-0.4, -0.2) is 12.9 Å². The Hall–Kier alpha value is -2.29. The smallest absolute Gasteiger partial charge is 0.163 e. The zero-order valence-electron chi connectivity index (χ0n) is 12.1. The lowest BCUT2D eigenvalue weighted by Crippen LogP contribution is -2.10. The molecular weight excluding hydrogens is 264 g/mol. The minimum atomic E-state index is 0.221. The predicted molar refractivity (Wildman–Crippen MR) is 81.0 cm³/mol. The summed E-state index contributed by atoms with van der Waals surface area (Å²) in [5.41, 5.74) is 2.94. The van der Waals surface area contributed by atoms with Gasteiger partial charge < -0.3 is 9.47 Å². The largest absolute Gasteiger partial charge is 0.496 e. The van der Waals surface area contributed by atoms with Crippen molar-refractivity contribution in [1.29, 1.82) is 0 Å². The SMILES string of the molecule is COc1ccccc1COc1ccc2c(c1)C(=O)CCC2. The number of ketones is 1. The van der Waals surface area contributed by atoms with Gasteiger partial charge >= 0.3 is 0 Å². The van der Waals surface area contributed by atoms with E-state index in [4.69, 9.17) is 9.47 Å². The number of carbonyl (C=O) groups is 1. The maximum atomic E-state index is 11.9. The molecule has 0 fully saturated rings. The number of para-hydroxylation sites is 1. The van der Waals surface area contributed by atoms with Crippen molar-refractivity contribution in [3.8, 4) is 11.5 Å². The molecule has 3 heteroatoms. The minimum Gasteiger partial charge on any atom is -0.496 e. The van der Waals surface area contributed by atoms with Crippen molar-refractivity contribution in [1.82, 2.24) is 0 Å². The molecule has 1 aliphatic rings. The Kier molecular flexibility index (Phi) is 3.91. The van der Waals surface area contributed by atoms with Crippen molar-refractivity contribution in [3.63, 3.8) is 0 Å². The average Bonchev–Trinajstić information content (AvgIpc) is 2.54. The van der Waals surface area contributed by atoms with E-state index < -0.39 is 0 Å². The van der Waals surface area contributed by atoms with Crippen LogP contribution >= 0.6 is 0 Å². The van der Waals surface area contributed by atoms with Crippen LogP contribution in [-0.2, 0) is 13.0 Å². The molecule has 0 heterocycles. The van der Waals surface area contributed by atoms with Crippen molar-refractivity contribution in [2.24, 2.45) is 0 Å². The monoisotopic (exact) mass is 282 g/mol. The topological polar surface area (TPSA) is 35.5 Å². The Morgan fingerprint density at radius 2 is 1.95 bits per heavy atom. The molecule has 0 atom stereocenters. The van der Waals surface area contributed by atoms with Crippen molar-refractivity contribution in [3.05, 3.63) is 59.2 Å². The summed E-state index contributed by atoms with van der Waals surface area (Å²) in [5, 5.41) is 0. The molecule has 3 nitrogen and oxygen atoms in total. The first-order valence-electron chi connectivity index (χ1n) is 7.19.